The van der Waals surface area contributed by atoms with E-state index in [4.69, 9.17) is 9.47 Å². The zero-order chi connectivity index (χ0) is 16.8. The van der Waals surface area contributed by atoms with Crippen LogP contribution in [-0.4, -0.2) is 14.2 Å². The van der Waals surface area contributed by atoms with Crippen molar-refractivity contribution in [3.63, 3.8) is 0 Å². The molecule has 2 N–H and O–H groups in total. The predicted octanol–water partition coefficient (Wildman–Crippen LogP) is 5.19. The summed E-state index contributed by atoms with van der Waals surface area (Å²) in [6.07, 6.45) is 0. The molecule has 0 aromatic heterocycles. The van der Waals surface area contributed by atoms with E-state index in [1.165, 1.54) is 0 Å². The minimum atomic E-state index is 0.806. The molecule has 0 unspecified atom stereocenters. The van der Waals surface area contributed by atoms with Gasteiger partial charge in [0.25, 0.3) is 0 Å². The minimum Gasteiger partial charge on any atom is -0.495 e. The maximum atomic E-state index is 5.38. The second kappa shape index (κ2) is 7.42. The summed E-state index contributed by atoms with van der Waals surface area (Å²) < 4.78 is 10.8. The first-order chi connectivity index (χ1) is 11.8. The summed E-state index contributed by atoms with van der Waals surface area (Å²) in [7, 11) is 3.33. The van der Waals surface area contributed by atoms with E-state index >= 15 is 0 Å². The number of benzene rings is 3. The summed E-state index contributed by atoms with van der Waals surface area (Å²) in [5.74, 6) is 1.61. The lowest BCUT2D eigenvalue weighted by Crippen LogP contribution is -1.97. The Balaban J connectivity index is 1.82. The minimum absolute atomic E-state index is 0.806. The third-order valence-corrected chi connectivity index (χ3v) is 3.63. The van der Waals surface area contributed by atoms with Crippen molar-refractivity contribution in [2.24, 2.45) is 0 Å². The average molecular weight is 320 g/mol. The van der Waals surface area contributed by atoms with E-state index in [9.17, 15) is 0 Å². The maximum Gasteiger partial charge on any atom is 0.142 e. The third kappa shape index (κ3) is 3.60. The van der Waals surface area contributed by atoms with Crippen LogP contribution < -0.4 is 20.1 Å². The molecule has 0 atom stereocenters. The molecule has 0 radical (unpaired) electrons. The van der Waals surface area contributed by atoms with Crippen LogP contribution in [-0.2, 0) is 0 Å². The molecule has 24 heavy (non-hydrogen) atoms. The Morgan fingerprint density at radius 1 is 0.583 bits per heavy atom. The molecule has 0 aliphatic rings. The fourth-order valence-electron chi connectivity index (χ4n) is 2.48. The molecular weight excluding hydrogens is 300 g/mol. The molecule has 0 heterocycles. The van der Waals surface area contributed by atoms with Gasteiger partial charge in [-0.05, 0) is 42.5 Å². The highest BCUT2D eigenvalue weighted by molar-refractivity contribution is 5.72. The lowest BCUT2D eigenvalue weighted by atomic mass is 10.2. The maximum absolute atomic E-state index is 5.38. The second-order valence-electron chi connectivity index (χ2n) is 5.23. The van der Waals surface area contributed by atoms with Crippen molar-refractivity contribution in [3.8, 4) is 11.5 Å². The number of anilines is 4. The standard InChI is InChI=1S/C20H20N2O2/c1-23-19-12-5-3-10-17(19)21-15-8-7-9-16(14-15)22-18-11-4-6-13-20(18)24-2/h3-14,21-22H,1-2H3. The number of rotatable bonds is 6. The second-order valence-corrected chi connectivity index (χ2v) is 5.23. The van der Waals surface area contributed by atoms with Gasteiger partial charge in [0, 0.05) is 11.4 Å². The highest BCUT2D eigenvalue weighted by Gasteiger charge is 2.05. The number of methoxy groups -OCH3 is 2. The van der Waals surface area contributed by atoms with Crippen LogP contribution in [0.5, 0.6) is 11.5 Å². The lowest BCUT2D eigenvalue weighted by molar-refractivity contribution is 0.417. The number of hydrogen-bond donors (Lipinski definition) is 2. The van der Waals surface area contributed by atoms with Gasteiger partial charge >= 0.3 is 0 Å². The molecule has 4 nitrogen and oxygen atoms in total. The molecule has 3 rings (SSSR count). The van der Waals surface area contributed by atoms with Gasteiger partial charge in [0.1, 0.15) is 11.5 Å². The molecule has 0 aliphatic heterocycles. The van der Waals surface area contributed by atoms with Crippen LogP contribution in [0, 0.1) is 0 Å². The average Bonchev–Trinajstić information content (AvgIpc) is 2.63. The van der Waals surface area contributed by atoms with Crippen LogP contribution in [0.1, 0.15) is 0 Å². The molecule has 4 heteroatoms. The van der Waals surface area contributed by atoms with Crippen molar-refractivity contribution in [2.75, 3.05) is 24.9 Å². The Morgan fingerprint density at radius 2 is 1.04 bits per heavy atom. The molecule has 0 fully saturated rings. The number of para-hydroxylation sites is 4. The number of nitrogens with one attached hydrogen (secondary N) is 2. The van der Waals surface area contributed by atoms with Crippen molar-refractivity contribution in [1.82, 2.24) is 0 Å². The first-order valence-electron chi connectivity index (χ1n) is 7.70. The van der Waals surface area contributed by atoms with E-state index in [0.29, 0.717) is 0 Å². The summed E-state index contributed by atoms with van der Waals surface area (Å²) in [5.41, 5.74) is 3.79. The van der Waals surface area contributed by atoms with E-state index in [0.717, 1.165) is 34.2 Å². The predicted molar refractivity (Wildman–Crippen MR) is 99.0 cm³/mol. The highest BCUT2D eigenvalue weighted by atomic mass is 16.5. The van der Waals surface area contributed by atoms with E-state index in [-0.39, 0.29) is 0 Å². The van der Waals surface area contributed by atoms with Gasteiger partial charge in [-0.25, -0.2) is 0 Å². The summed E-state index contributed by atoms with van der Waals surface area (Å²) in [6.45, 7) is 0. The molecule has 3 aromatic rings. The van der Waals surface area contributed by atoms with Gasteiger partial charge in [-0.2, -0.15) is 0 Å². The van der Waals surface area contributed by atoms with Crippen LogP contribution in [0.2, 0.25) is 0 Å². The fourth-order valence-corrected chi connectivity index (χ4v) is 2.48. The zero-order valence-electron chi connectivity index (χ0n) is 13.7. The first kappa shape index (κ1) is 15.7. The van der Waals surface area contributed by atoms with Crippen molar-refractivity contribution in [2.45, 2.75) is 0 Å². The highest BCUT2D eigenvalue weighted by Crippen LogP contribution is 2.30. The lowest BCUT2D eigenvalue weighted by Gasteiger charge is -2.14. The largest absolute Gasteiger partial charge is 0.495 e. The van der Waals surface area contributed by atoms with Crippen LogP contribution >= 0.6 is 0 Å². The summed E-state index contributed by atoms with van der Waals surface area (Å²) >= 11 is 0. The third-order valence-electron chi connectivity index (χ3n) is 3.63. The number of hydrogen-bond acceptors (Lipinski definition) is 4. The SMILES string of the molecule is COc1ccccc1Nc1cccc(Nc2ccccc2OC)c1. The van der Waals surface area contributed by atoms with Gasteiger partial charge in [-0.15, -0.1) is 0 Å². The van der Waals surface area contributed by atoms with Crippen LogP contribution in [0.25, 0.3) is 0 Å². The Kier molecular flexibility index (Phi) is 4.87. The van der Waals surface area contributed by atoms with Crippen molar-refractivity contribution in [3.05, 3.63) is 72.8 Å². The van der Waals surface area contributed by atoms with Crippen LogP contribution in [0.3, 0.4) is 0 Å². The number of ether oxygens (including phenoxy) is 2. The monoisotopic (exact) mass is 320 g/mol. The van der Waals surface area contributed by atoms with Gasteiger partial charge in [-0.1, -0.05) is 30.3 Å². The Bertz CT molecular complexity index is 753. The van der Waals surface area contributed by atoms with Crippen molar-refractivity contribution >= 4 is 22.7 Å². The molecule has 122 valence electrons. The van der Waals surface area contributed by atoms with E-state index < -0.39 is 0 Å². The molecule has 0 bridgehead atoms. The van der Waals surface area contributed by atoms with E-state index in [1.54, 1.807) is 14.2 Å². The molecule has 3 aromatic carbocycles. The van der Waals surface area contributed by atoms with Gasteiger partial charge < -0.3 is 20.1 Å². The first-order valence-corrected chi connectivity index (χ1v) is 7.70. The quantitative estimate of drug-likeness (QED) is 0.656. The Labute approximate surface area is 142 Å². The fraction of sp³-hybridized carbons (Fsp3) is 0.100. The Hall–Kier alpha value is -3.14. The van der Waals surface area contributed by atoms with Gasteiger partial charge in [0.05, 0.1) is 25.6 Å². The molecule has 0 amide bonds. The van der Waals surface area contributed by atoms with E-state index in [1.807, 2.05) is 72.8 Å². The molecule has 0 aliphatic carbocycles. The van der Waals surface area contributed by atoms with Crippen LogP contribution in [0.15, 0.2) is 72.8 Å². The molecule has 0 saturated heterocycles. The zero-order valence-corrected chi connectivity index (χ0v) is 13.7. The smallest absolute Gasteiger partial charge is 0.142 e. The van der Waals surface area contributed by atoms with Crippen LogP contribution in [0.4, 0.5) is 22.7 Å². The van der Waals surface area contributed by atoms with Gasteiger partial charge in [0.2, 0.25) is 0 Å². The Morgan fingerprint density at radius 3 is 1.50 bits per heavy atom. The normalized spacial score (nSPS) is 10.1. The molecular formula is C20H20N2O2. The molecule has 0 spiro atoms. The van der Waals surface area contributed by atoms with Gasteiger partial charge in [0.15, 0.2) is 0 Å². The van der Waals surface area contributed by atoms with Crippen molar-refractivity contribution < 1.29 is 9.47 Å². The summed E-state index contributed by atoms with van der Waals surface area (Å²) in [4.78, 5) is 0. The topological polar surface area (TPSA) is 42.5 Å². The van der Waals surface area contributed by atoms with Gasteiger partial charge in [-0.3, -0.25) is 0 Å². The summed E-state index contributed by atoms with van der Waals surface area (Å²) in [6, 6.07) is 23.7. The molecule has 0 saturated carbocycles. The van der Waals surface area contributed by atoms with E-state index in [2.05, 4.69) is 10.6 Å². The summed E-state index contributed by atoms with van der Waals surface area (Å²) in [5, 5.41) is 6.76. The van der Waals surface area contributed by atoms with Crippen molar-refractivity contribution in [1.29, 1.82) is 0 Å².